The zero-order chi connectivity index (χ0) is 21.8. The van der Waals surface area contributed by atoms with Gasteiger partial charge in [0, 0.05) is 0 Å². The Labute approximate surface area is 186 Å². The SMILES string of the molecule is Cc1ccc2c(c1)-c1ccccc1-c1ccccc1C(C)(C)C(C)(C)c1ccccc1-2. The molecule has 0 aromatic heterocycles. The topological polar surface area (TPSA) is 0 Å². The normalized spacial score (nSPS) is 15.8. The summed E-state index contributed by atoms with van der Waals surface area (Å²) in [5, 5.41) is 0. The maximum absolute atomic E-state index is 2.41. The second-order valence-electron chi connectivity index (χ2n) is 9.94. The molecular weight excluding hydrogens is 372 g/mol. The summed E-state index contributed by atoms with van der Waals surface area (Å²) in [6.45, 7) is 11.8. The maximum Gasteiger partial charge on any atom is -0.000568 e. The summed E-state index contributed by atoms with van der Waals surface area (Å²) in [5.41, 5.74) is 11.9. The van der Waals surface area contributed by atoms with Gasteiger partial charge in [-0.3, -0.25) is 0 Å². The molecule has 5 rings (SSSR count). The molecular formula is C31H30. The van der Waals surface area contributed by atoms with E-state index in [0.29, 0.717) is 0 Å². The Hall–Kier alpha value is -3.12. The Bertz CT molecular complexity index is 1290. The summed E-state index contributed by atoms with van der Waals surface area (Å²) in [4.78, 5) is 0. The zero-order valence-corrected chi connectivity index (χ0v) is 19.2. The molecule has 0 fully saturated rings. The Morgan fingerprint density at radius 3 is 1.32 bits per heavy atom. The number of hydrogen-bond donors (Lipinski definition) is 0. The van der Waals surface area contributed by atoms with Crippen molar-refractivity contribution in [1.29, 1.82) is 0 Å². The summed E-state index contributed by atoms with van der Waals surface area (Å²) < 4.78 is 0. The lowest BCUT2D eigenvalue weighted by molar-refractivity contribution is 0.304. The van der Waals surface area contributed by atoms with E-state index >= 15 is 0 Å². The van der Waals surface area contributed by atoms with Crippen LogP contribution in [0.15, 0.2) is 91.0 Å². The van der Waals surface area contributed by atoms with Gasteiger partial charge in [0.25, 0.3) is 0 Å². The number of fused-ring (bicyclic) bond motifs is 7. The van der Waals surface area contributed by atoms with E-state index in [2.05, 4.69) is 126 Å². The van der Waals surface area contributed by atoms with Gasteiger partial charge in [-0.05, 0) is 62.3 Å². The first-order valence-corrected chi connectivity index (χ1v) is 11.2. The van der Waals surface area contributed by atoms with Crippen molar-refractivity contribution < 1.29 is 0 Å². The fourth-order valence-corrected chi connectivity index (χ4v) is 5.27. The molecule has 1 aliphatic rings. The van der Waals surface area contributed by atoms with Crippen molar-refractivity contribution in [3.05, 3.63) is 108 Å². The van der Waals surface area contributed by atoms with E-state index < -0.39 is 0 Å². The van der Waals surface area contributed by atoms with Crippen molar-refractivity contribution >= 4 is 0 Å². The minimum atomic E-state index is -0.0753. The van der Waals surface area contributed by atoms with Crippen LogP contribution in [0, 0.1) is 6.92 Å². The van der Waals surface area contributed by atoms with E-state index in [1.165, 1.54) is 50.1 Å². The van der Waals surface area contributed by atoms with Crippen molar-refractivity contribution in [2.24, 2.45) is 0 Å². The summed E-state index contributed by atoms with van der Waals surface area (Å²) in [7, 11) is 0. The van der Waals surface area contributed by atoms with E-state index in [1.54, 1.807) is 0 Å². The molecule has 4 aromatic rings. The third kappa shape index (κ3) is 2.89. The molecule has 0 unspecified atom stereocenters. The zero-order valence-electron chi connectivity index (χ0n) is 19.2. The van der Waals surface area contributed by atoms with Crippen LogP contribution in [0.5, 0.6) is 0 Å². The Kier molecular flexibility index (Phi) is 4.45. The third-order valence-corrected chi connectivity index (χ3v) is 7.74. The molecule has 0 bridgehead atoms. The van der Waals surface area contributed by atoms with Gasteiger partial charge in [-0.25, -0.2) is 0 Å². The number of rotatable bonds is 0. The van der Waals surface area contributed by atoms with Gasteiger partial charge in [0.1, 0.15) is 0 Å². The van der Waals surface area contributed by atoms with Gasteiger partial charge in [-0.2, -0.15) is 0 Å². The Morgan fingerprint density at radius 2 is 0.806 bits per heavy atom. The van der Waals surface area contributed by atoms with Gasteiger partial charge in [-0.15, -0.1) is 0 Å². The molecule has 4 aromatic carbocycles. The van der Waals surface area contributed by atoms with Crippen LogP contribution in [0.3, 0.4) is 0 Å². The van der Waals surface area contributed by atoms with Crippen LogP contribution in [0.1, 0.15) is 44.4 Å². The summed E-state index contributed by atoms with van der Waals surface area (Å²) in [5.74, 6) is 0. The van der Waals surface area contributed by atoms with E-state index in [-0.39, 0.29) is 10.8 Å². The number of benzene rings is 4. The van der Waals surface area contributed by atoms with Gasteiger partial charge < -0.3 is 0 Å². The monoisotopic (exact) mass is 402 g/mol. The molecule has 154 valence electrons. The molecule has 31 heavy (non-hydrogen) atoms. The first-order valence-electron chi connectivity index (χ1n) is 11.2. The fourth-order valence-electron chi connectivity index (χ4n) is 5.27. The van der Waals surface area contributed by atoms with E-state index in [0.717, 1.165) is 0 Å². The van der Waals surface area contributed by atoms with Crippen LogP contribution >= 0.6 is 0 Å². The second kappa shape index (κ2) is 6.95. The minimum absolute atomic E-state index is 0.0744. The van der Waals surface area contributed by atoms with Crippen LogP contribution < -0.4 is 0 Å². The van der Waals surface area contributed by atoms with Gasteiger partial charge in [0.2, 0.25) is 0 Å². The van der Waals surface area contributed by atoms with Crippen molar-refractivity contribution in [2.75, 3.05) is 0 Å². The molecule has 0 N–H and O–H groups in total. The average Bonchev–Trinajstić information content (AvgIpc) is 2.78. The van der Waals surface area contributed by atoms with Crippen molar-refractivity contribution in [1.82, 2.24) is 0 Å². The third-order valence-electron chi connectivity index (χ3n) is 7.74. The van der Waals surface area contributed by atoms with Crippen molar-refractivity contribution in [3.8, 4) is 33.4 Å². The van der Waals surface area contributed by atoms with Crippen LogP contribution in [-0.4, -0.2) is 0 Å². The minimum Gasteiger partial charge on any atom is -0.0619 e. The van der Waals surface area contributed by atoms with Crippen LogP contribution in [-0.2, 0) is 10.8 Å². The molecule has 0 heterocycles. The van der Waals surface area contributed by atoms with E-state index in [9.17, 15) is 0 Å². The maximum atomic E-state index is 2.41. The van der Waals surface area contributed by atoms with Gasteiger partial charge >= 0.3 is 0 Å². The standard InChI is InChI=1S/C31H30/c1-21-18-19-24-26-15-9-11-17-29(26)31(4,5)30(2,3)28-16-10-8-14-25(28)22-12-6-7-13-23(22)27(24)20-21/h6-20H,1-5H3. The molecule has 0 aliphatic heterocycles. The van der Waals surface area contributed by atoms with Crippen LogP contribution in [0.25, 0.3) is 33.4 Å². The summed E-state index contributed by atoms with van der Waals surface area (Å²) >= 11 is 0. The highest BCUT2D eigenvalue weighted by Gasteiger charge is 2.43. The molecule has 0 radical (unpaired) electrons. The number of hydrogen-bond acceptors (Lipinski definition) is 0. The second-order valence-corrected chi connectivity index (χ2v) is 9.94. The molecule has 0 spiro atoms. The average molecular weight is 403 g/mol. The summed E-state index contributed by atoms with van der Waals surface area (Å²) in [6.07, 6.45) is 0. The molecule has 1 aliphatic carbocycles. The Balaban J connectivity index is 2.02. The highest BCUT2D eigenvalue weighted by Crippen LogP contribution is 2.52. The first kappa shape index (κ1) is 19.8. The molecule has 0 atom stereocenters. The van der Waals surface area contributed by atoms with Gasteiger partial charge in [0.15, 0.2) is 0 Å². The lowest BCUT2D eigenvalue weighted by atomic mass is 9.58. The van der Waals surface area contributed by atoms with E-state index in [1.807, 2.05) is 0 Å². The molecule has 0 saturated heterocycles. The smallest absolute Gasteiger partial charge is 0.000568 e. The molecule has 0 saturated carbocycles. The Morgan fingerprint density at radius 1 is 0.419 bits per heavy atom. The highest BCUT2D eigenvalue weighted by atomic mass is 14.5. The quantitative estimate of drug-likeness (QED) is 0.276. The number of aryl methyl sites for hydroxylation is 1. The van der Waals surface area contributed by atoms with Gasteiger partial charge in [0.05, 0.1) is 0 Å². The van der Waals surface area contributed by atoms with Crippen LogP contribution in [0.2, 0.25) is 0 Å². The molecule has 0 nitrogen and oxygen atoms in total. The summed E-state index contributed by atoms with van der Waals surface area (Å²) in [6, 6.07) is 33.8. The predicted octanol–water partition coefficient (Wildman–Crippen LogP) is 8.56. The van der Waals surface area contributed by atoms with Crippen molar-refractivity contribution in [3.63, 3.8) is 0 Å². The van der Waals surface area contributed by atoms with Gasteiger partial charge in [-0.1, -0.05) is 124 Å². The van der Waals surface area contributed by atoms with Crippen LogP contribution in [0.4, 0.5) is 0 Å². The largest absolute Gasteiger partial charge is 0.0619 e. The van der Waals surface area contributed by atoms with Crippen molar-refractivity contribution in [2.45, 2.75) is 45.4 Å². The fraction of sp³-hybridized carbons (Fsp3) is 0.226. The predicted molar refractivity (Wildman–Crippen MR) is 134 cm³/mol. The highest BCUT2D eigenvalue weighted by molar-refractivity contribution is 5.94. The van der Waals surface area contributed by atoms with E-state index in [4.69, 9.17) is 0 Å². The molecule has 0 heteroatoms. The first-order chi connectivity index (χ1) is 14.8. The lowest BCUT2D eigenvalue weighted by Gasteiger charge is -2.45. The molecule has 0 amide bonds. The lowest BCUT2D eigenvalue weighted by Crippen LogP contribution is -2.41.